The van der Waals surface area contributed by atoms with Crippen LogP contribution in [0.25, 0.3) is 0 Å². The number of furan rings is 1. The van der Waals surface area contributed by atoms with Gasteiger partial charge in [-0.25, -0.2) is 4.79 Å². The van der Waals surface area contributed by atoms with Crippen LogP contribution in [0.3, 0.4) is 0 Å². The molecule has 0 saturated carbocycles. The summed E-state index contributed by atoms with van der Waals surface area (Å²) in [6, 6.07) is 20.5. The molecule has 2 atom stereocenters. The molecule has 3 aromatic rings. The maximum Gasteiger partial charge on any atom is 0.408 e. The fraction of sp³-hybridized carbons (Fsp3) is 0.345. The largest absolute Gasteiger partial charge is 0.467 e. The van der Waals surface area contributed by atoms with Gasteiger partial charge in [0.1, 0.15) is 31.6 Å². The molecule has 0 aliphatic heterocycles. The second-order valence-corrected chi connectivity index (χ2v) is 9.18. The number of benzene rings is 2. The van der Waals surface area contributed by atoms with Crippen molar-refractivity contribution in [2.75, 3.05) is 6.61 Å². The van der Waals surface area contributed by atoms with Gasteiger partial charge in [0.15, 0.2) is 5.78 Å². The Morgan fingerprint density at radius 2 is 1.49 bits per heavy atom. The molecule has 2 amide bonds. The number of alkyl carbamates (subject to hydrolysis) is 1. The normalized spacial score (nSPS) is 12.5. The number of amides is 2. The molecule has 2 unspecified atom stereocenters. The zero-order valence-corrected chi connectivity index (χ0v) is 21.2. The molecule has 0 fully saturated rings. The summed E-state index contributed by atoms with van der Waals surface area (Å²) in [4.78, 5) is 38.8. The standard InChI is InChI=1S/C29H34N2O6/c1-21(2)16-26(31-29(34)37-18-23-12-7-4-8-13-23)28(33)30-25(17-22-10-5-3-6-11-22)27(32)20-35-19-24-14-9-15-36-24/h3-15,21,25-26H,16-20H2,1-2H3,(H,30,33)(H,31,34). The van der Waals surface area contributed by atoms with Gasteiger partial charge in [0.05, 0.1) is 12.3 Å². The van der Waals surface area contributed by atoms with Crippen molar-refractivity contribution in [2.45, 2.75) is 52.0 Å². The lowest BCUT2D eigenvalue weighted by molar-refractivity contribution is -0.131. The lowest BCUT2D eigenvalue weighted by atomic mass is 10.00. The Morgan fingerprint density at radius 3 is 2.11 bits per heavy atom. The van der Waals surface area contributed by atoms with E-state index in [1.165, 1.54) is 6.26 Å². The number of ketones is 1. The second kappa shape index (κ2) is 14.6. The van der Waals surface area contributed by atoms with E-state index in [1.807, 2.05) is 74.5 Å². The Labute approximate surface area is 217 Å². The van der Waals surface area contributed by atoms with E-state index in [4.69, 9.17) is 13.9 Å². The van der Waals surface area contributed by atoms with E-state index in [2.05, 4.69) is 10.6 Å². The smallest absolute Gasteiger partial charge is 0.408 e. The van der Waals surface area contributed by atoms with Crippen molar-refractivity contribution in [2.24, 2.45) is 5.92 Å². The van der Waals surface area contributed by atoms with Crippen LogP contribution >= 0.6 is 0 Å². The highest BCUT2D eigenvalue weighted by molar-refractivity contribution is 5.92. The minimum atomic E-state index is -0.863. The molecule has 196 valence electrons. The van der Waals surface area contributed by atoms with E-state index < -0.39 is 24.1 Å². The number of Topliss-reactive ketones (excluding diaryl/α,β-unsaturated/α-hetero) is 1. The summed E-state index contributed by atoms with van der Waals surface area (Å²) in [5.41, 5.74) is 1.73. The van der Waals surface area contributed by atoms with E-state index in [0.717, 1.165) is 11.1 Å². The highest BCUT2D eigenvalue weighted by Gasteiger charge is 2.28. The minimum Gasteiger partial charge on any atom is -0.467 e. The Balaban J connectivity index is 1.63. The van der Waals surface area contributed by atoms with Crippen molar-refractivity contribution < 1.29 is 28.3 Å². The number of hydrogen-bond donors (Lipinski definition) is 2. The van der Waals surface area contributed by atoms with Gasteiger partial charge in [-0.15, -0.1) is 0 Å². The Hall–Kier alpha value is -3.91. The molecular formula is C29H34N2O6. The van der Waals surface area contributed by atoms with Crippen molar-refractivity contribution in [3.05, 3.63) is 95.9 Å². The molecule has 0 spiro atoms. The van der Waals surface area contributed by atoms with Crippen LogP contribution in [0, 0.1) is 5.92 Å². The van der Waals surface area contributed by atoms with Gasteiger partial charge in [-0.1, -0.05) is 74.5 Å². The van der Waals surface area contributed by atoms with Gasteiger partial charge < -0.3 is 24.5 Å². The first-order valence-corrected chi connectivity index (χ1v) is 12.3. The van der Waals surface area contributed by atoms with Crippen molar-refractivity contribution in [1.29, 1.82) is 0 Å². The van der Waals surface area contributed by atoms with E-state index in [-0.39, 0.29) is 31.5 Å². The van der Waals surface area contributed by atoms with Crippen LogP contribution in [0.5, 0.6) is 0 Å². The van der Waals surface area contributed by atoms with Crippen molar-refractivity contribution in [1.82, 2.24) is 10.6 Å². The minimum absolute atomic E-state index is 0.0881. The number of hydrogen-bond acceptors (Lipinski definition) is 6. The number of carbonyl (C=O) groups excluding carboxylic acids is 3. The molecule has 0 saturated heterocycles. The third kappa shape index (κ3) is 9.93. The van der Waals surface area contributed by atoms with E-state index in [0.29, 0.717) is 18.6 Å². The third-order valence-corrected chi connectivity index (χ3v) is 5.58. The highest BCUT2D eigenvalue weighted by Crippen LogP contribution is 2.10. The average Bonchev–Trinajstić information content (AvgIpc) is 3.41. The molecule has 37 heavy (non-hydrogen) atoms. The van der Waals surface area contributed by atoms with Gasteiger partial charge in [-0.3, -0.25) is 9.59 Å². The van der Waals surface area contributed by atoms with Crippen LogP contribution in [-0.2, 0) is 38.7 Å². The molecule has 0 radical (unpaired) electrons. The fourth-order valence-corrected chi connectivity index (χ4v) is 3.72. The van der Waals surface area contributed by atoms with E-state index in [9.17, 15) is 14.4 Å². The van der Waals surface area contributed by atoms with Crippen molar-refractivity contribution in [3.8, 4) is 0 Å². The topological polar surface area (TPSA) is 107 Å². The Morgan fingerprint density at radius 1 is 0.811 bits per heavy atom. The zero-order chi connectivity index (χ0) is 26.5. The molecule has 1 heterocycles. The summed E-state index contributed by atoms with van der Waals surface area (Å²) < 4.78 is 16.1. The van der Waals surface area contributed by atoms with Crippen molar-refractivity contribution >= 4 is 17.8 Å². The van der Waals surface area contributed by atoms with Gasteiger partial charge in [-0.2, -0.15) is 0 Å². The first-order valence-electron chi connectivity index (χ1n) is 12.3. The van der Waals surface area contributed by atoms with Crippen LogP contribution in [0.1, 0.15) is 37.2 Å². The van der Waals surface area contributed by atoms with Gasteiger partial charge in [0.25, 0.3) is 0 Å². The molecule has 2 N–H and O–H groups in total. The highest BCUT2D eigenvalue weighted by atomic mass is 16.5. The van der Waals surface area contributed by atoms with Gasteiger partial charge in [0.2, 0.25) is 5.91 Å². The van der Waals surface area contributed by atoms with E-state index >= 15 is 0 Å². The summed E-state index contributed by atoms with van der Waals surface area (Å²) >= 11 is 0. The number of rotatable bonds is 14. The number of nitrogens with one attached hydrogen (secondary N) is 2. The van der Waals surface area contributed by atoms with Crippen LogP contribution in [0.15, 0.2) is 83.5 Å². The second-order valence-electron chi connectivity index (χ2n) is 9.18. The Bertz CT molecular complexity index is 1100. The molecule has 1 aromatic heterocycles. The first kappa shape index (κ1) is 27.7. The number of ether oxygens (including phenoxy) is 2. The lowest BCUT2D eigenvalue weighted by Crippen LogP contribution is -2.53. The summed E-state index contributed by atoms with van der Waals surface area (Å²) in [6.45, 7) is 3.94. The zero-order valence-electron chi connectivity index (χ0n) is 21.2. The lowest BCUT2D eigenvalue weighted by Gasteiger charge is -2.24. The molecule has 8 nitrogen and oxygen atoms in total. The summed E-state index contributed by atoms with van der Waals surface area (Å²) in [5, 5.41) is 5.49. The summed E-state index contributed by atoms with van der Waals surface area (Å²) in [5.74, 6) is -0.0129. The van der Waals surface area contributed by atoms with Crippen LogP contribution < -0.4 is 10.6 Å². The monoisotopic (exact) mass is 506 g/mol. The molecule has 0 bridgehead atoms. The van der Waals surface area contributed by atoms with Gasteiger partial charge >= 0.3 is 6.09 Å². The molecule has 3 rings (SSSR count). The van der Waals surface area contributed by atoms with Gasteiger partial charge in [-0.05, 0) is 42.0 Å². The van der Waals surface area contributed by atoms with Crippen LogP contribution in [0.2, 0.25) is 0 Å². The maximum absolute atomic E-state index is 13.3. The van der Waals surface area contributed by atoms with Gasteiger partial charge in [0, 0.05) is 0 Å². The van der Waals surface area contributed by atoms with E-state index in [1.54, 1.807) is 12.1 Å². The molecule has 0 aliphatic rings. The molecule has 0 aliphatic carbocycles. The SMILES string of the molecule is CC(C)CC(NC(=O)OCc1ccccc1)C(=O)NC(Cc1ccccc1)C(=O)COCc1ccco1. The summed E-state index contributed by atoms with van der Waals surface area (Å²) in [7, 11) is 0. The Kier molecular flexibility index (Phi) is 10.9. The van der Waals surface area contributed by atoms with Crippen LogP contribution in [-0.4, -0.2) is 36.5 Å². The molecular weight excluding hydrogens is 472 g/mol. The predicted molar refractivity (Wildman–Crippen MR) is 138 cm³/mol. The molecule has 8 heteroatoms. The maximum atomic E-state index is 13.3. The first-order chi connectivity index (χ1) is 17.9. The quantitative estimate of drug-likeness (QED) is 0.335. The summed E-state index contributed by atoms with van der Waals surface area (Å²) in [6.07, 6.45) is 1.51. The third-order valence-electron chi connectivity index (χ3n) is 5.58. The predicted octanol–water partition coefficient (Wildman–Crippen LogP) is 4.43. The average molecular weight is 507 g/mol. The van der Waals surface area contributed by atoms with Crippen LogP contribution in [0.4, 0.5) is 4.79 Å². The van der Waals surface area contributed by atoms with Crippen molar-refractivity contribution in [3.63, 3.8) is 0 Å². The fourth-order valence-electron chi connectivity index (χ4n) is 3.72. The molecule has 2 aromatic carbocycles. The number of carbonyl (C=O) groups is 3.